The molecule has 2 heterocycles. The molecule has 1 saturated heterocycles. The number of anilines is 1. The van der Waals surface area contributed by atoms with Crippen LogP contribution in [0.15, 0.2) is 18.3 Å². The summed E-state index contributed by atoms with van der Waals surface area (Å²) in [5.74, 6) is 1.04. The molecule has 1 aliphatic heterocycles. The molecule has 3 nitrogen and oxygen atoms in total. The van der Waals surface area contributed by atoms with Crippen molar-refractivity contribution in [1.29, 1.82) is 0 Å². The molecule has 0 N–H and O–H groups in total. The van der Waals surface area contributed by atoms with E-state index in [0.717, 1.165) is 32.0 Å². The van der Waals surface area contributed by atoms with E-state index in [1.165, 1.54) is 13.0 Å². The lowest BCUT2D eigenvalue weighted by molar-refractivity contribution is 0.258. The van der Waals surface area contributed by atoms with E-state index in [1.807, 2.05) is 12.1 Å². The number of hydrogen-bond donors (Lipinski definition) is 0. The van der Waals surface area contributed by atoms with Crippen LogP contribution in [0.1, 0.15) is 13.3 Å². The smallest absolute Gasteiger partial charge is 0.128 e. The molecule has 0 bridgehead atoms. The summed E-state index contributed by atoms with van der Waals surface area (Å²) in [6, 6.07) is 3.90. The third kappa shape index (κ3) is 2.86. The van der Waals surface area contributed by atoms with Crippen LogP contribution in [0, 0.1) is 0 Å². The standard InChI is InChI=1S/C12H18ClN3/c1-2-5-15-6-8-16(9-7-15)12-4-3-11(13)10-14-12/h3-4,10H,2,5-9H2,1H3. The minimum Gasteiger partial charge on any atom is -0.354 e. The van der Waals surface area contributed by atoms with Crippen LogP contribution in [-0.2, 0) is 0 Å². The molecule has 0 spiro atoms. The Kier molecular flexibility index (Phi) is 4.02. The number of halogens is 1. The molecule has 88 valence electrons. The second-order valence-corrected chi connectivity index (χ2v) is 4.60. The maximum absolute atomic E-state index is 5.83. The first-order valence-electron chi connectivity index (χ1n) is 5.88. The lowest BCUT2D eigenvalue weighted by atomic mass is 10.3. The fraction of sp³-hybridized carbons (Fsp3) is 0.583. The van der Waals surface area contributed by atoms with Crippen LogP contribution in [0.25, 0.3) is 0 Å². The monoisotopic (exact) mass is 239 g/mol. The van der Waals surface area contributed by atoms with Crippen LogP contribution in [-0.4, -0.2) is 42.6 Å². The maximum atomic E-state index is 5.83. The van der Waals surface area contributed by atoms with Crippen LogP contribution >= 0.6 is 11.6 Å². The lowest BCUT2D eigenvalue weighted by Crippen LogP contribution is -2.46. The van der Waals surface area contributed by atoms with Gasteiger partial charge in [-0.05, 0) is 25.1 Å². The molecule has 1 aromatic heterocycles. The number of piperazine rings is 1. The van der Waals surface area contributed by atoms with Gasteiger partial charge in [0.15, 0.2) is 0 Å². The molecule has 0 unspecified atom stereocenters. The van der Waals surface area contributed by atoms with Gasteiger partial charge in [-0.2, -0.15) is 0 Å². The van der Waals surface area contributed by atoms with Gasteiger partial charge in [-0.1, -0.05) is 18.5 Å². The Hall–Kier alpha value is -0.800. The van der Waals surface area contributed by atoms with Crippen LogP contribution in [0.3, 0.4) is 0 Å². The summed E-state index contributed by atoms with van der Waals surface area (Å²) in [6.07, 6.45) is 2.95. The minimum atomic E-state index is 0.702. The van der Waals surface area contributed by atoms with Crippen molar-refractivity contribution in [2.75, 3.05) is 37.6 Å². The van der Waals surface area contributed by atoms with E-state index in [1.54, 1.807) is 6.20 Å². The fourth-order valence-corrected chi connectivity index (χ4v) is 2.18. The first-order valence-corrected chi connectivity index (χ1v) is 6.26. The summed E-state index contributed by atoms with van der Waals surface area (Å²) >= 11 is 5.83. The van der Waals surface area contributed by atoms with Gasteiger partial charge in [0.05, 0.1) is 5.02 Å². The molecule has 0 saturated carbocycles. The van der Waals surface area contributed by atoms with Crippen molar-refractivity contribution < 1.29 is 0 Å². The normalized spacial score (nSPS) is 17.8. The van der Waals surface area contributed by atoms with Crippen molar-refractivity contribution >= 4 is 17.4 Å². The van der Waals surface area contributed by atoms with Gasteiger partial charge >= 0.3 is 0 Å². The van der Waals surface area contributed by atoms with E-state index < -0.39 is 0 Å². The average Bonchev–Trinajstić information content (AvgIpc) is 2.32. The van der Waals surface area contributed by atoms with Crippen molar-refractivity contribution in [1.82, 2.24) is 9.88 Å². The second kappa shape index (κ2) is 5.51. The van der Waals surface area contributed by atoms with E-state index in [-0.39, 0.29) is 0 Å². The Balaban J connectivity index is 1.91. The summed E-state index contributed by atoms with van der Waals surface area (Å²) in [5, 5.41) is 0.702. The molecule has 1 aromatic rings. The second-order valence-electron chi connectivity index (χ2n) is 4.16. The number of hydrogen-bond acceptors (Lipinski definition) is 3. The number of nitrogens with zero attached hydrogens (tertiary/aromatic N) is 3. The molecule has 1 aliphatic rings. The molecule has 0 radical (unpaired) electrons. The van der Waals surface area contributed by atoms with Crippen LogP contribution < -0.4 is 4.90 Å². The van der Waals surface area contributed by atoms with Gasteiger partial charge in [-0.15, -0.1) is 0 Å². The van der Waals surface area contributed by atoms with E-state index >= 15 is 0 Å². The topological polar surface area (TPSA) is 19.4 Å². The highest BCUT2D eigenvalue weighted by Gasteiger charge is 2.16. The molecule has 4 heteroatoms. The highest BCUT2D eigenvalue weighted by atomic mass is 35.5. The number of rotatable bonds is 3. The molecular formula is C12H18ClN3. The van der Waals surface area contributed by atoms with Gasteiger partial charge in [-0.3, -0.25) is 4.90 Å². The van der Waals surface area contributed by atoms with Gasteiger partial charge in [0.25, 0.3) is 0 Å². The van der Waals surface area contributed by atoms with Gasteiger partial charge in [-0.25, -0.2) is 4.98 Å². The van der Waals surface area contributed by atoms with Crippen LogP contribution in [0.4, 0.5) is 5.82 Å². The van der Waals surface area contributed by atoms with Crippen molar-refractivity contribution in [3.8, 4) is 0 Å². The van der Waals surface area contributed by atoms with Gasteiger partial charge in [0.2, 0.25) is 0 Å². The van der Waals surface area contributed by atoms with E-state index in [2.05, 4.69) is 21.7 Å². The first-order chi connectivity index (χ1) is 7.79. The summed E-state index contributed by atoms with van der Waals surface area (Å²) in [5.41, 5.74) is 0. The van der Waals surface area contributed by atoms with E-state index in [0.29, 0.717) is 5.02 Å². The minimum absolute atomic E-state index is 0.702. The zero-order chi connectivity index (χ0) is 11.4. The molecule has 16 heavy (non-hydrogen) atoms. The predicted octanol–water partition coefficient (Wildman–Crippen LogP) is 2.27. The zero-order valence-corrected chi connectivity index (χ0v) is 10.5. The average molecular weight is 240 g/mol. The Morgan fingerprint density at radius 1 is 1.25 bits per heavy atom. The summed E-state index contributed by atoms with van der Waals surface area (Å²) in [7, 11) is 0. The Morgan fingerprint density at radius 3 is 2.56 bits per heavy atom. The van der Waals surface area contributed by atoms with E-state index in [9.17, 15) is 0 Å². The summed E-state index contributed by atoms with van der Waals surface area (Å²) in [4.78, 5) is 9.18. The lowest BCUT2D eigenvalue weighted by Gasteiger charge is -2.35. The Labute approximate surface area is 102 Å². The SMILES string of the molecule is CCCN1CCN(c2ccc(Cl)cn2)CC1. The predicted molar refractivity (Wildman–Crippen MR) is 68.2 cm³/mol. The van der Waals surface area contributed by atoms with Crippen molar-refractivity contribution in [2.45, 2.75) is 13.3 Å². The van der Waals surface area contributed by atoms with Gasteiger partial charge in [0, 0.05) is 32.4 Å². The highest BCUT2D eigenvalue weighted by Crippen LogP contribution is 2.16. The maximum Gasteiger partial charge on any atom is 0.128 e. The quantitative estimate of drug-likeness (QED) is 0.807. The molecule has 0 aliphatic carbocycles. The van der Waals surface area contributed by atoms with Gasteiger partial charge < -0.3 is 4.90 Å². The zero-order valence-electron chi connectivity index (χ0n) is 9.69. The third-order valence-electron chi connectivity index (χ3n) is 2.95. The summed E-state index contributed by atoms with van der Waals surface area (Å²) < 4.78 is 0. The molecule has 1 fully saturated rings. The molecule has 2 rings (SSSR count). The third-order valence-corrected chi connectivity index (χ3v) is 3.17. The Bertz CT molecular complexity index is 318. The first kappa shape index (κ1) is 11.7. The molecular weight excluding hydrogens is 222 g/mol. The highest BCUT2D eigenvalue weighted by molar-refractivity contribution is 6.30. The van der Waals surface area contributed by atoms with E-state index in [4.69, 9.17) is 11.6 Å². The van der Waals surface area contributed by atoms with Gasteiger partial charge in [0.1, 0.15) is 5.82 Å². The molecule has 0 atom stereocenters. The van der Waals surface area contributed by atoms with Crippen molar-refractivity contribution in [2.24, 2.45) is 0 Å². The molecule has 0 amide bonds. The Morgan fingerprint density at radius 2 is 2.00 bits per heavy atom. The summed E-state index contributed by atoms with van der Waals surface area (Å²) in [6.45, 7) is 7.84. The van der Waals surface area contributed by atoms with Crippen LogP contribution in [0.5, 0.6) is 0 Å². The van der Waals surface area contributed by atoms with Crippen LogP contribution in [0.2, 0.25) is 5.02 Å². The molecule has 0 aromatic carbocycles. The largest absolute Gasteiger partial charge is 0.354 e. The number of aromatic nitrogens is 1. The fourth-order valence-electron chi connectivity index (χ4n) is 2.07. The van der Waals surface area contributed by atoms with Crippen molar-refractivity contribution in [3.63, 3.8) is 0 Å². The number of pyridine rings is 1. The van der Waals surface area contributed by atoms with Crippen molar-refractivity contribution in [3.05, 3.63) is 23.4 Å².